The van der Waals surface area contributed by atoms with Gasteiger partial charge in [-0.2, -0.15) is 0 Å². The van der Waals surface area contributed by atoms with Crippen molar-refractivity contribution in [3.05, 3.63) is 23.8 Å². The maximum Gasteiger partial charge on any atom is 0.307 e. The Morgan fingerprint density at radius 2 is 2.29 bits per heavy atom. The number of hydrogen-bond acceptors (Lipinski definition) is 3. The number of nitrogens with two attached hydrogens (primary N) is 1. The summed E-state index contributed by atoms with van der Waals surface area (Å²) in [5.74, 6) is -0.780. The number of hydrogen-bond donors (Lipinski definition) is 3. The third-order valence-corrected chi connectivity index (χ3v) is 2.98. The van der Waals surface area contributed by atoms with E-state index in [0.717, 1.165) is 16.9 Å². The number of benzene rings is 1. The fourth-order valence-corrected chi connectivity index (χ4v) is 1.85. The van der Waals surface area contributed by atoms with Crippen LogP contribution in [-0.4, -0.2) is 11.1 Å². The lowest BCUT2D eigenvalue weighted by Crippen LogP contribution is -1.99. The minimum absolute atomic E-state index is 0.152. The van der Waals surface area contributed by atoms with Crippen molar-refractivity contribution in [1.29, 1.82) is 0 Å². The molecule has 0 saturated heterocycles. The Kier molecular flexibility index (Phi) is 2.15. The molecule has 74 valence electrons. The van der Waals surface area contributed by atoms with E-state index in [1.807, 2.05) is 12.1 Å². The van der Waals surface area contributed by atoms with E-state index < -0.39 is 5.97 Å². The van der Waals surface area contributed by atoms with Crippen LogP contribution in [0.1, 0.15) is 17.9 Å². The zero-order valence-electron chi connectivity index (χ0n) is 7.47. The molecule has 0 aliphatic heterocycles. The number of rotatable bonds is 2. The van der Waals surface area contributed by atoms with Crippen molar-refractivity contribution in [3.8, 4) is 0 Å². The Morgan fingerprint density at radius 3 is 2.79 bits per heavy atom. The second-order valence-electron chi connectivity index (χ2n) is 3.61. The SMILES string of the molecule is Nc1ccc(C2CC2C(=O)O)cc1S. The van der Waals surface area contributed by atoms with E-state index in [2.05, 4.69) is 12.6 Å². The zero-order chi connectivity index (χ0) is 10.3. The minimum Gasteiger partial charge on any atom is -0.481 e. The highest BCUT2D eigenvalue weighted by atomic mass is 32.1. The summed E-state index contributed by atoms with van der Waals surface area (Å²) in [4.78, 5) is 11.4. The van der Waals surface area contributed by atoms with Crippen molar-refractivity contribution in [2.75, 3.05) is 5.73 Å². The normalized spacial score (nSPS) is 24.6. The van der Waals surface area contributed by atoms with Gasteiger partial charge in [0, 0.05) is 10.6 Å². The van der Waals surface area contributed by atoms with Crippen LogP contribution in [0.4, 0.5) is 5.69 Å². The number of aliphatic carboxylic acids is 1. The van der Waals surface area contributed by atoms with Gasteiger partial charge in [-0.25, -0.2) is 0 Å². The second kappa shape index (κ2) is 3.20. The molecule has 0 aromatic heterocycles. The van der Waals surface area contributed by atoms with Crippen molar-refractivity contribution in [2.24, 2.45) is 5.92 Å². The molecule has 1 aliphatic carbocycles. The average molecular weight is 209 g/mol. The van der Waals surface area contributed by atoms with Crippen LogP contribution in [0.15, 0.2) is 23.1 Å². The van der Waals surface area contributed by atoms with Crippen molar-refractivity contribution >= 4 is 24.3 Å². The third-order valence-electron chi connectivity index (χ3n) is 2.59. The molecule has 1 saturated carbocycles. The summed E-state index contributed by atoms with van der Waals surface area (Å²) >= 11 is 4.20. The molecule has 0 spiro atoms. The Morgan fingerprint density at radius 1 is 1.57 bits per heavy atom. The van der Waals surface area contributed by atoms with Crippen LogP contribution >= 0.6 is 12.6 Å². The minimum atomic E-state index is -0.715. The lowest BCUT2D eigenvalue weighted by molar-refractivity contribution is -0.138. The zero-order valence-corrected chi connectivity index (χ0v) is 8.37. The third kappa shape index (κ3) is 1.57. The summed E-state index contributed by atoms with van der Waals surface area (Å²) in [6.07, 6.45) is 0.729. The Balaban J connectivity index is 2.20. The molecule has 2 rings (SSSR count). The van der Waals surface area contributed by atoms with E-state index in [-0.39, 0.29) is 11.8 Å². The van der Waals surface area contributed by atoms with Crippen LogP contribution in [0.25, 0.3) is 0 Å². The van der Waals surface area contributed by atoms with Crippen LogP contribution in [0, 0.1) is 5.92 Å². The van der Waals surface area contributed by atoms with E-state index >= 15 is 0 Å². The molecular weight excluding hydrogens is 198 g/mol. The van der Waals surface area contributed by atoms with Crippen LogP contribution in [0.2, 0.25) is 0 Å². The topological polar surface area (TPSA) is 63.3 Å². The van der Waals surface area contributed by atoms with Crippen LogP contribution in [0.5, 0.6) is 0 Å². The molecule has 1 aliphatic rings. The number of thiol groups is 1. The van der Waals surface area contributed by atoms with Gasteiger partial charge < -0.3 is 10.8 Å². The lowest BCUT2D eigenvalue weighted by atomic mass is 10.1. The first kappa shape index (κ1) is 9.40. The maximum atomic E-state index is 10.7. The molecule has 1 fully saturated rings. The summed E-state index contributed by atoms with van der Waals surface area (Å²) in [5, 5.41) is 8.77. The molecule has 2 unspecified atom stereocenters. The molecule has 2 atom stereocenters. The number of nitrogen functional groups attached to an aromatic ring is 1. The highest BCUT2D eigenvalue weighted by molar-refractivity contribution is 7.80. The molecule has 1 aromatic carbocycles. The highest BCUT2D eigenvalue weighted by Gasteiger charge is 2.44. The van der Waals surface area contributed by atoms with Gasteiger partial charge in [-0.3, -0.25) is 4.79 Å². The largest absolute Gasteiger partial charge is 0.481 e. The Hall–Kier alpha value is -1.16. The number of carboxylic acid groups (broad SMARTS) is 1. The molecule has 0 bridgehead atoms. The van der Waals surface area contributed by atoms with Crippen molar-refractivity contribution in [1.82, 2.24) is 0 Å². The molecule has 3 N–H and O–H groups in total. The predicted octanol–water partition coefficient (Wildman–Crippen LogP) is 1.75. The predicted molar refractivity (Wildman–Crippen MR) is 56.6 cm³/mol. The van der Waals surface area contributed by atoms with E-state index in [1.165, 1.54) is 0 Å². The molecule has 1 aromatic rings. The summed E-state index contributed by atoms with van der Waals surface area (Å²) in [5.41, 5.74) is 7.26. The first-order valence-electron chi connectivity index (χ1n) is 4.41. The van der Waals surface area contributed by atoms with Gasteiger partial charge in [-0.05, 0) is 30.0 Å². The van der Waals surface area contributed by atoms with E-state index in [9.17, 15) is 4.79 Å². The number of carbonyl (C=O) groups is 1. The molecule has 14 heavy (non-hydrogen) atoms. The van der Waals surface area contributed by atoms with Gasteiger partial charge in [0.2, 0.25) is 0 Å². The van der Waals surface area contributed by atoms with Crippen molar-refractivity contribution in [3.63, 3.8) is 0 Å². The Labute approximate surface area is 87.3 Å². The lowest BCUT2D eigenvalue weighted by Gasteiger charge is -2.02. The van der Waals surface area contributed by atoms with Gasteiger partial charge >= 0.3 is 5.97 Å². The molecule has 0 amide bonds. The molecule has 3 nitrogen and oxygen atoms in total. The van der Waals surface area contributed by atoms with Gasteiger partial charge in [0.05, 0.1) is 5.92 Å². The quantitative estimate of drug-likeness (QED) is 0.513. The second-order valence-corrected chi connectivity index (χ2v) is 4.09. The summed E-state index contributed by atoms with van der Waals surface area (Å²) in [6.45, 7) is 0. The monoisotopic (exact) mass is 209 g/mol. The first-order valence-corrected chi connectivity index (χ1v) is 4.85. The molecule has 0 radical (unpaired) electrons. The summed E-state index contributed by atoms with van der Waals surface area (Å²) < 4.78 is 0. The van der Waals surface area contributed by atoms with Gasteiger partial charge in [-0.1, -0.05) is 6.07 Å². The fourth-order valence-electron chi connectivity index (χ4n) is 1.63. The Bertz CT molecular complexity index is 392. The van der Waals surface area contributed by atoms with Crippen LogP contribution in [-0.2, 0) is 4.79 Å². The summed E-state index contributed by atoms with van der Waals surface area (Å²) in [6, 6.07) is 5.50. The van der Waals surface area contributed by atoms with E-state index in [4.69, 9.17) is 10.8 Å². The van der Waals surface area contributed by atoms with Crippen molar-refractivity contribution in [2.45, 2.75) is 17.2 Å². The molecule has 0 heterocycles. The van der Waals surface area contributed by atoms with E-state index in [0.29, 0.717) is 5.69 Å². The van der Waals surface area contributed by atoms with Crippen LogP contribution in [0.3, 0.4) is 0 Å². The standard InChI is InChI=1S/C10H11NO2S/c11-8-2-1-5(3-9(8)14)6-4-7(6)10(12)13/h1-3,6-7,14H,4,11H2,(H,12,13). The van der Waals surface area contributed by atoms with E-state index in [1.54, 1.807) is 6.07 Å². The van der Waals surface area contributed by atoms with Gasteiger partial charge in [-0.15, -0.1) is 12.6 Å². The number of carboxylic acids is 1. The van der Waals surface area contributed by atoms with Gasteiger partial charge in [0.25, 0.3) is 0 Å². The average Bonchev–Trinajstić information content (AvgIpc) is 2.89. The first-order chi connectivity index (χ1) is 6.59. The van der Waals surface area contributed by atoms with Gasteiger partial charge in [0.15, 0.2) is 0 Å². The van der Waals surface area contributed by atoms with Gasteiger partial charge in [0.1, 0.15) is 0 Å². The number of anilines is 1. The smallest absolute Gasteiger partial charge is 0.307 e. The maximum absolute atomic E-state index is 10.7. The fraction of sp³-hybridized carbons (Fsp3) is 0.300. The summed E-state index contributed by atoms with van der Waals surface area (Å²) in [7, 11) is 0. The molecular formula is C10H11NO2S. The van der Waals surface area contributed by atoms with Crippen molar-refractivity contribution < 1.29 is 9.90 Å². The van der Waals surface area contributed by atoms with Crippen LogP contribution < -0.4 is 5.73 Å². The molecule has 4 heteroatoms. The highest BCUT2D eigenvalue weighted by Crippen LogP contribution is 2.48.